The molecule has 0 unspecified atom stereocenters. The van der Waals surface area contributed by atoms with E-state index in [1.807, 2.05) is 66.7 Å². The van der Waals surface area contributed by atoms with Crippen molar-refractivity contribution in [3.63, 3.8) is 0 Å². The first kappa shape index (κ1) is 55.9. The van der Waals surface area contributed by atoms with Gasteiger partial charge >= 0.3 is 11.9 Å². The number of rotatable bonds is 16. The lowest BCUT2D eigenvalue weighted by molar-refractivity contribution is -0.142. The number of methoxy groups -OCH3 is 4. The van der Waals surface area contributed by atoms with Crippen molar-refractivity contribution in [1.29, 1.82) is 0 Å². The summed E-state index contributed by atoms with van der Waals surface area (Å²) in [5.74, 6) is 3.38. The van der Waals surface area contributed by atoms with Gasteiger partial charge in [-0.2, -0.15) is 0 Å². The second-order valence-electron chi connectivity index (χ2n) is 21.0. The van der Waals surface area contributed by atoms with Crippen LogP contribution in [0.2, 0.25) is 0 Å². The van der Waals surface area contributed by atoms with Crippen LogP contribution in [0.25, 0.3) is 22.3 Å². The summed E-state index contributed by atoms with van der Waals surface area (Å²) in [6, 6.07) is 36.8. The van der Waals surface area contributed by atoms with E-state index in [1.165, 1.54) is 39.2 Å². The number of ether oxygens (including phenoxy) is 5. The molecule has 0 amide bonds. The van der Waals surface area contributed by atoms with Crippen molar-refractivity contribution in [2.45, 2.75) is 115 Å². The molecule has 8 rings (SSSR count). The molecule has 6 aromatic carbocycles. The zero-order chi connectivity index (χ0) is 53.0. The predicted octanol–water partition coefficient (Wildman–Crippen LogP) is 15.4. The molecule has 73 heavy (non-hydrogen) atoms. The molecule has 0 aliphatic heterocycles. The Morgan fingerprint density at radius 2 is 0.945 bits per heavy atom. The molecule has 0 spiro atoms. The summed E-state index contributed by atoms with van der Waals surface area (Å²) in [5.41, 5.74) is 8.84. The van der Waals surface area contributed by atoms with E-state index in [0.29, 0.717) is 59.8 Å². The predicted molar refractivity (Wildman–Crippen MR) is 287 cm³/mol. The number of carbonyl (C=O) groups is 2. The van der Waals surface area contributed by atoms with E-state index >= 15 is 0 Å². The lowest BCUT2D eigenvalue weighted by atomic mass is 9.81. The lowest BCUT2D eigenvalue weighted by Gasteiger charge is -2.24. The van der Waals surface area contributed by atoms with Crippen LogP contribution in [0.15, 0.2) is 121 Å². The zero-order valence-corrected chi connectivity index (χ0v) is 44.7. The largest absolute Gasteiger partial charge is 0.508 e. The van der Waals surface area contributed by atoms with Crippen molar-refractivity contribution >= 4 is 23.5 Å². The Bertz CT molecular complexity index is 2790. The van der Waals surface area contributed by atoms with Crippen LogP contribution in [-0.4, -0.2) is 45.5 Å². The van der Waals surface area contributed by atoms with E-state index in [2.05, 4.69) is 47.6 Å². The van der Waals surface area contributed by atoms with Gasteiger partial charge in [0, 0.05) is 17.0 Å². The quantitative estimate of drug-likeness (QED) is 0.0756. The van der Waals surface area contributed by atoms with E-state index in [9.17, 15) is 23.5 Å². The number of alkyl halides is 1. The van der Waals surface area contributed by atoms with Gasteiger partial charge in [0.1, 0.15) is 41.2 Å². The second-order valence-corrected chi connectivity index (χ2v) is 21.2. The Morgan fingerprint density at radius 1 is 0.548 bits per heavy atom. The maximum Gasteiger partial charge on any atom is 0.306 e. The van der Waals surface area contributed by atoms with Gasteiger partial charge in [0.15, 0.2) is 0 Å². The number of halogens is 3. The van der Waals surface area contributed by atoms with Crippen molar-refractivity contribution in [1.82, 2.24) is 0 Å². The second kappa shape index (κ2) is 25.0. The number of carbonyl (C=O) groups excluding carboxylic acids is 2. The number of esters is 2. The van der Waals surface area contributed by atoms with Crippen LogP contribution in [0.5, 0.6) is 23.0 Å². The van der Waals surface area contributed by atoms with Crippen LogP contribution in [0.3, 0.4) is 0 Å². The standard InChI is InChI=1S/C31H35FO4.C18H20ClFO.C13H16O3/c1-31(2,3)28-14-6-20(16-26(28)27-17-24(34-4)13-15-29(27)32)19-36-23-11-9-22(10-12-23)25(21-7-8-21)18-30(33)35-5;1-18(2,3)16-7-5-12(11-19)9-14(16)15-10-13(21-4)6-8-17(15)20;1-16-13(15)8-12(9-2-3-9)10-4-6-11(14)7-5-10/h6,9-17,21,25H,7-8,18-19H2,1-5H3;5-10H,11H2,1-4H3;4-7,9,12,14H,2-3,8H2,1H3/t25-;;12-/m1.1/s1. The normalized spacial score (nSPS) is 14.0. The summed E-state index contributed by atoms with van der Waals surface area (Å²) in [6.45, 7) is 13.1. The molecule has 0 saturated heterocycles. The smallest absolute Gasteiger partial charge is 0.306 e. The van der Waals surface area contributed by atoms with E-state index < -0.39 is 0 Å². The average molecular weight is 1020 g/mol. The van der Waals surface area contributed by atoms with Crippen LogP contribution in [0, 0.1) is 23.5 Å². The van der Waals surface area contributed by atoms with Crippen molar-refractivity contribution in [3.8, 4) is 45.3 Å². The molecule has 0 bridgehead atoms. The molecule has 0 heterocycles. The third kappa shape index (κ3) is 15.6. The number of phenols is 1. The summed E-state index contributed by atoms with van der Waals surface area (Å²) < 4.78 is 55.5. The topological polar surface area (TPSA) is 101 Å². The van der Waals surface area contributed by atoms with Crippen LogP contribution >= 0.6 is 11.6 Å². The molecule has 6 aromatic rings. The van der Waals surface area contributed by atoms with Crippen molar-refractivity contribution < 1.29 is 47.2 Å². The molecule has 2 saturated carbocycles. The van der Waals surface area contributed by atoms with Crippen molar-refractivity contribution in [2.24, 2.45) is 11.8 Å². The molecule has 11 heteroatoms. The number of benzene rings is 6. The molecule has 2 aliphatic rings. The van der Waals surface area contributed by atoms with Gasteiger partial charge in [-0.25, -0.2) is 8.78 Å². The Kier molecular flexibility index (Phi) is 19.2. The van der Waals surface area contributed by atoms with Gasteiger partial charge in [0.25, 0.3) is 0 Å². The first-order valence-corrected chi connectivity index (χ1v) is 25.5. The molecule has 388 valence electrons. The molecule has 1 N–H and O–H groups in total. The maximum atomic E-state index is 14.9. The highest BCUT2D eigenvalue weighted by Gasteiger charge is 2.35. The maximum absolute atomic E-state index is 14.9. The monoisotopic (exact) mass is 1020 g/mol. The van der Waals surface area contributed by atoms with Gasteiger partial charge in [0.05, 0.1) is 41.3 Å². The molecule has 8 nitrogen and oxygen atoms in total. The Labute approximate surface area is 436 Å². The molecule has 2 fully saturated rings. The van der Waals surface area contributed by atoms with Gasteiger partial charge in [-0.15, -0.1) is 11.6 Å². The fourth-order valence-corrected chi connectivity index (χ4v) is 9.29. The molecular formula is C62H71ClF2O8. The molecular weight excluding hydrogens is 946 g/mol. The highest BCUT2D eigenvalue weighted by atomic mass is 35.5. The molecule has 2 atom stereocenters. The fraction of sp³-hybridized carbons (Fsp3) is 0.387. The third-order valence-corrected chi connectivity index (χ3v) is 13.8. The van der Waals surface area contributed by atoms with E-state index in [4.69, 9.17) is 35.3 Å². The highest BCUT2D eigenvalue weighted by Crippen LogP contribution is 2.46. The summed E-state index contributed by atoms with van der Waals surface area (Å²) in [4.78, 5) is 23.2. The van der Waals surface area contributed by atoms with E-state index in [1.54, 1.807) is 50.6 Å². The van der Waals surface area contributed by atoms with Gasteiger partial charge < -0.3 is 28.8 Å². The number of hydrogen-bond donors (Lipinski definition) is 1. The van der Waals surface area contributed by atoms with Gasteiger partial charge in [-0.1, -0.05) is 90.1 Å². The SMILES string of the molecule is COC(=O)C[C@@H](c1ccc(O)cc1)C1CC1.COC(=O)C[C@@H](c1ccc(OCc2ccc(C(C)(C)C)c(-c3cc(OC)ccc3F)c2)cc1)C1CC1.COc1ccc(F)c(-c2cc(CCl)ccc2C(C)(C)C)c1. The first-order valence-electron chi connectivity index (χ1n) is 24.9. The lowest BCUT2D eigenvalue weighted by Crippen LogP contribution is -2.13. The number of aromatic hydroxyl groups is 1. The average Bonchev–Trinajstić information content (AvgIpc) is 4.33. The van der Waals surface area contributed by atoms with Gasteiger partial charge in [-0.05, 0) is 177 Å². The summed E-state index contributed by atoms with van der Waals surface area (Å²) in [7, 11) is 6.02. The Hall–Kier alpha value is -6.39. The van der Waals surface area contributed by atoms with Crippen molar-refractivity contribution in [3.05, 3.63) is 166 Å². The minimum atomic E-state index is -0.285. The Balaban J connectivity index is 0.000000198. The van der Waals surface area contributed by atoms with Crippen molar-refractivity contribution in [2.75, 3.05) is 28.4 Å². The fourth-order valence-electron chi connectivity index (χ4n) is 9.12. The molecule has 0 aromatic heterocycles. The van der Waals surface area contributed by atoms with Gasteiger partial charge in [0.2, 0.25) is 0 Å². The summed E-state index contributed by atoms with van der Waals surface area (Å²) >= 11 is 5.93. The van der Waals surface area contributed by atoms with Crippen LogP contribution < -0.4 is 14.2 Å². The van der Waals surface area contributed by atoms with Gasteiger partial charge in [-0.3, -0.25) is 9.59 Å². The highest BCUT2D eigenvalue weighted by molar-refractivity contribution is 6.17. The van der Waals surface area contributed by atoms with Crippen LogP contribution in [0.1, 0.15) is 125 Å². The molecule has 2 aliphatic carbocycles. The van der Waals surface area contributed by atoms with Crippen LogP contribution in [0.4, 0.5) is 8.78 Å². The summed E-state index contributed by atoms with van der Waals surface area (Å²) in [5, 5.41) is 9.23. The molecule has 0 radical (unpaired) electrons. The van der Waals surface area contributed by atoms with Crippen LogP contribution in [-0.2, 0) is 42.4 Å². The minimum absolute atomic E-state index is 0.0876. The number of phenolic OH excluding ortho intramolecular Hbond substituents is 1. The first-order chi connectivity index (χ1) is 34.8. The summed E-state index contributed by atoms with van der Waals surface area (Å²) in [6.07, 6.45) is 5.52. The minimum Gasteiger partial charge on any atom is -0.508 e. The zero-order valence-electron chi connectivity index (χ0n) is 44.0. The Morgan fingerprint density at radius 3 is 1.33 bits per heavy atom. The number of hydrogen-bond acceptors (Lipinski definition) is 8. The van der Waals surface area contributed by atoms with E-state index in [0.717, 1.165) is 63.1 Å². The third-order valence-electron chi connectivity index (χ3n) is 13.5. The van der Waals surface area contributed by atoms with E-state index in [-0.39, 0.29) is 52.0 Å².